The van der Waals surface area contributed by atoms with Crippen LogP contribution in [-0.2, 0) is 14.3 Å². The monoisotopic (exact) mass is 830 g/mol. The van der Waals surface area contributed by atoms with Crippen LogP contribution in [0.3, 0.4) is 0 Å². The van der Waals surface area contributed by atoms with Crippen molar-refractivity contribution in [3.63, 3.8) is 0 Å². The highest BCUT2D eigenvalue weighted by atomic mass is 16.5. The van der Waals surface area contributed by atoms with Crippen molar-refractivity contribution in [3.8, 4) is 5.75 Å². The summed E-state index contributed by atoms with van der Waals surface area (Å²) in [5, 5.41) is 2.88. The Labute approximate surface area is 369 Å². The predicted molar refractivity (Wildman–Crippen MR) is 260 cm³/mol. The molecule has 0 spiro atoms. The molecule has 0 unspecified atom stereocenters. The minimum Gasteiger partial charge on any atom is -0.462 e. The molecule has 0 aliphatic heterocycles. The van der Waals surface area contributed by atoms with Crippen LogP contribution in [0.5, 0.6) is 5.75 Å². The second-order valence-electron chi connectivity index (χ2n) is 14.2. The maximum absolute atomic E-state index is 12.8. The molecule has 0 heterocycles. The topological polar surface area (TPSA) is 81.7 Å². The first-order valence-electron chi connectivity index (χ1n) is 22.5. The van der Waals surface area contributed by atoms with Crippen LogP contribution in [-0.4, -0.2) is 31.0 Å². The molecule has 0 fully saturated rings. The van der Waals surface area contributed by atoms with Gasteiger partial charge in [-0.3, -0.25) is 9.59 Å². The molecule has 0 saturated heterocycles. The van der Waals surface area contributed by atoms with E-state index in [9.17, 15) is 14.4 Å². The van der Waals surface area contributed by atoms with Crippen LogP contribution >= 0.6 is 0 Å². The molecule has 0 bridgehead atoms. The summed E-state index contributed by atoms with van der Waals surface area (Å²) in [6, 6.07) is 5.06. The second-order valence-corrected chi connectivity index (χ2v) is 14.2. The number of benzene rings is 1. The van der Waals surface area contributed by atoms with Crippen LogP contribution in [0.25, 0.3) is 0 Å². The van der Waals surface area contributed by atoms with Gasteiger partial charge in [0.25, 0.3) is 0 Å². The molecule has 0 aromatic heterocycles. The molecule has 330 valence electrons. The lowest BCUT2D eigenvalue weighted by molar-refractivity contribution is -0.134. The van der Waals surface area contributed by atoms with E-state index >= 15 is 0 Å². The van der Waals surface area contributed by atoms with Crippen molar-refractivity contribution in [1.29, 1.82) is 0 Å². The van der Waals surface area contributed by atoms with Crippen molar-refractivity contribution in [2.75, 3.05) is 13.2 Å². The zero-order valence-corrected chi connectivity index (χ0v) is 37.6. The molecular formula is C55H75NO5. The van der Waals surface area contributed by atoms with E-state index in [0.717, 1.165) is 82.6 Å². The number of carbonyl (C=O) groups excluding carboxylic acids is 3. The van der Waals surface area contributed by atoms with Crippen molar-refractivity contribution >= 4 is 17.8 Å². The summed E-state index contributed by atoms with van der Waals surface area (Å²) in [7, 11) is 0. The SMILES string of the molecule is CC/C=C\C/C=C\C/C=C\C/C=C\C/C=C\C/C=C\CCC(=O)NCCCOC(=O)c1ccc(C)cc1OC(=O)CC/C=C\C/C=C\C/C=C\C/C=C\C/C=C\C/C=C\CC. The highest BCUT2D eigenvalue weighted by molar-refractivity contribution is 5.93. The third-order valence-electron chi connectivity index (χ3n) is 8.70. The molecule has 1 amide bonds. The molecular weight excluding hydrogens is 755 g/mol. The van der Waals surface area contributed by atoms with Crippen molar-refractivity contribution in [1.82, 2.24) is 5.32 Å². The fourth-order valence-electron chi connectivity index (χ4n) is 5.38. The second kappa shape index (κ2) is 41.3. The zero-order valence-electron chi connectivity index (χ0n) is 37.6. The molecule has 6 heteroatoms. The van der Waals surface area contributed by atoms with Crippen LogP contribution < -0.4 is 10.1 Å². The van der Waals surface area contributed by atoms with E-state index in [1.807, 2.05) is 25.2 Å². The van der Waals surface area contributed by atoms with Gasteiger partial charge in [0.2, 0.25) is 5.91 Å². The van der Waals surface area contributed by atoms with Gasteiger partial charge in [0.15, 0.2) is 0 Å². The number of amides is 1. The van der Waals surface area contributed by atoms with Crippen LogP contribution in [0.4, 0.5) is 0 Å². The molecule has 1 N–H and O–H groups in total. The third kappa shape index (κ3) is 35.0. The molecule has 0 saturated carbocycles. The number of hydrogen-bond donors (Lipinski definition) is 1. The summed E-state index contributed by atoms with van der Waals surface area (Å²) < 4.78 is 11.0. The average Bonchev–Trinajstić information content (AvgIpc) is 3.25. The molecule has 1 aromatic rings. The lowest BCUT2D eigenvalue weighted by atomic mass is 10.1. The fraction of sp³-hybridized carbons (Fsp3) is 0.400. The number of nitrogens with one attached hydrogen (secondary N) is 1. The van der Waals surface area contributed by atoms with Crippen molar-refractivity contribution in [2.45, 2.75) is 130 Å². The standard InChI is InChI=1S/C55H75NO5/c1-4-6-8-10-12-14-16-18-20-22-24-26-28-30-32-34-36-38-40-43-53(57)56-47-42-48-60-55(59)51-46-45-50(3)49-52(51)61-54(58)44-41-39-37-35-33-31-29-27-25-23-21-19-17-15-13-11-9-7-5-2/h6-9,12-15,18-21,24-27,30-33,36-39,45-46,49H,4-5,10-11,16-17,22-23,28-29,34-35,40-44,47-48H2,1-3H3,(H,56,57)/b8-6-,9-7-,14-12-,15-13-,20-18-,21-19-,26-24-,27-25-,32-30-,33-31-,38-36-,39-37-. The van der Waals surface area contributed by atoms with Gasteiger partial charge in [0.05, 0.1) is 6.61 Å². The summed E-state index contributed by atoms with van der Waals surface area (Å²) in [6.07, 6.45) is 65.4. The van der Waals surface area contributed by atoms with Gasteiger partial charge in [-0.25, -0.2) is 4.79 Å². The van der Waals surface area contributed by atoms with Crippen LogP contribution in [0.15, 0.2) is 164 Å². The van der Waals surface area contributed by atoms with Gasteiger partial charge in [-0.1, -0.05) is 166 Å². The number of esters is 2. The van der Waals surface area contributed by atoms with E-state index in [1.165, 1.54) is 0 Å². The van der Waals surface area contributed by atoms with E-state index in [1.54, 1.807) is 18.2 Å². The number of aryl methyl sites for hydroxylation is 1. The number of allylic oxidation sites excluding steroid dienone is 24. The molecule has 0 aliphatic rings. The highest BCUT2D eigenvalue weighted by Crippen LogP contribution is 2.22. The van der Waals surface area contributed by atoms with Gasteiger partial charge in [-0.2, -0.15) is 0 Å². The first-order chi connectivity index (χ1) is 30.0. The number of rotatable bonds is 34. The molecule has 1 aromatic carbocycles. The Morgan fingerprint density at radius 1 is 0.508 bits per heavy atom. The summed E-state index contributed by atoms with van der Waals surface area (Å²) in [5.74, 6) is -0.822. The Hall–Kier alpha value is -5.49. The van der Waals surface area contributed by atoms with Gasteiger partial charge < -0.3 is 14.8 Å². The molecule has 0 atom stereocenters. The van der Waals surface area contributed by atoms with Crippen molar-refractivity contribution < 1.29 is 23.9 Å². The van der Waals surface area contributed by atoms with E-state index < -0.39 is 11.9 Å². The van der Waals surface area contributed by atoms with E-state index in [0.29, 0.717) is 32.2 Å². The van der Waals surface area contributed by atoms with Crippen LogP contribution in [0, 0.1) is 6.92 Å². The first kappa shape index (κ1) is 53.5. The third-order valence-corrected chi connectivity index (χ3v) is 8.70. The molecule has 0 aliphatic carbocycles. The smallest absolute Gasteiger partial charge is 0.341 e. The number of ether oxygens (including phenoxy) is 2. The van der Waals surface area contributed by atoms with Gasteiger partial charge in [0.1, 0.15) is 11.3 Å². The van der Waals surface area contributed by atoms with E-state index in [4.69, 9.17) is 9.47 Å². The van der Waals surface area contributed by atoms with Crippen molar-refractivity contribution in [2.24, 2.45) is 0 Å². The highest BCUT2D eigenvalue weighted by Gasteiger charge is 2.17. The van der Waals surface area contributed by atoms with Crippen LogP contribution in [0.2, 0.25) is 0 Å². The fourth-order valence-corrected chi connectivity index (χ4v) is 5.38. The number of hydrogen-bond acceptors (Lipinski definition) is 5. The normalized spacial score (nSPS) is 12.8. The lowest BCUT2D eigenvalue weighted by Crippen LogP contribution is -2.25. The van der Waals surface area contributed by atoms with Gasteiger partial charge >= 0.3 is 11.9 Å². The summed E-state index contributed by atoms with van der Waals surface area (Å²) in [5.41, 5.74) is 1.07. The predicted octanol–water partition coefficient (Wildman–Crippen LogP) is 14.5. The quantitative estimate of drug-likeness (QED) is 0.0324. The van der Waals surface area contributed by atoms with Crippen molar-refractivity contribution in [3.05, 3.63) is 175 Å². The van der Waals surface area contributed by atoms with E-state index in [2.05, 4.69) is 147 Å². The molecule has 1 rings (SSSR count). The Kier molecular flexibility index (Phi) is 36.2. The lowest BCUT2D eigenvalue weighted by Gasteiger charge is -2.11. The summed E-state index contributed by atoms with van der Waals surface area (Å²) >= 11 is 0. The maximum atomic E-state index is 12.8. The molecule has 6 nitrogen and oxygen atoms in total. The summed E-state index contributed by atoms with van der Waals surface area (Å²) in [6.45, 7) is 6.70. The minimum atomic E-state index is -0.566. The minimum absolute atomic E-state index is 0.0393. The molecule has 61 heavy (non-hydrogen) atoms. The molecule has 0 radical (unpaired) electrons. The van der Waals surface area contributed by atoms with Gasteiger partial charge in [0, 0.05) is 19.4 Å². The first-order valence-corrected chi connectivity index (χ1v) is 22.5. The largest absolute Gasteiger partial charge is 0.462 e. The van der Waals surface area contributed by atoms with E-state index in [-0.39, 0.29) is 30.2 Å². The Morgan fingerprint density at radius 3 is 1.30 bits per heavy atom. The Bertz CT molecular complexity index is 1690. The van der Waals surface area contributed by atoms with Gasteiger partial charge in [-0.05, 0) is 121 Å². The Morgan fingerprint density at radius 2 is 0.885 bits per heavy atom. The maximum Gasteiger partial charge on any atom is 0.341 e. The zero-order chi connectivity index (χ0) is 44.1. The van der Waals surface area contributed by atoms with Gasteiger partial charge in [-0.15, -0.1) is 0 Å². The summed E-state index contributed by atoms with van der Waals surface area (Å²) in [4.78, 5) is 37.7. The Balaban J connectivity index is 2.19. The number of carbonyl (C=O) groups is 3. The van der Waals surface area contributed by atoms with Crippen LogP contribution in [0.1, 0.15) is 139 Å². The average molecular weight is 830 g/mol.